The van der Waals surface area contributed by atoms with Gasteiger partial charge in [0.2, 0.25) is 0 Å². The molecule has 0 saturated carbocycles. The molecule has 3 aromatic rings. The molecule has 1 aromatic heterocycles. The fourth-order valence-corrected chi connectivity index (χ4v) is 4.01. The lowest BCUT2D eigenvalue weighted by Crippen LogP contribution is -2.25. The highest BCUT2D eigenvalue weighted by atomic mass is 32.1. The van der Waals surface area contributed by atoms with Gasteiger partial charge in [0.05, 0.1) is 5.69 Å². The number of benzene rings is 2. The number of hydrogen-bond donors (Lipinski definition) is 0. The summed E-state index contributed by atoms with van der Waals surface area (Å²) in [5, 5.41) is 0. The average Bonchev–Trinajstić information content (AvgIpc) is 3.25. The predicted molar refractivity (Wildman–Crippen MR) is 135 cm³/mol. The zero-order chi connectivity index (χ0) is 21.0. The third kappa shape index (κ3) is 7.00. The van der Waals surface area contributed by atoms with Crippen molar-refractivity contribution in [3.05, 3.63) is 82.0 Å². The van der Waals surface area contributed by atoms with Crippen molar-refractivity contribution < 1.29 is 0 Å². The van der Waals surface area contributed by atoms with Gasteiger partial charge in [0, 0.05) is 34.7 Å². The molecule has 0 amide bonds. The standard InChI is InChI=1S/C27H32N2S/c1-3-5-20-29(21-6-4-2)25-15-12-23(13-16-25)14-17-26-18-19-27(30-26)22-28-24-10-8-7-9-11-24/h7-19,22H,3-6,20-21H2,1-2H3. The van der Waals surface area contributed by atoms with Crippen LogP contribution in [0.5, 0.6) is 0 Å². The second-order valence-electron chi connectivity index (χ2n) is 7.45. The van der Waals surface area contributed by atoms with Gasteiger partial charge in [-0.25, -0.2) is 0 Å². The Morgan fingerprint density at radius 1 is 0.767 bits per heavy atom. The van der Waals surface area contributed by atoms with Crippen LogP contribution in [0, 0.1) is 0 Å². The van der Waals surface area contributed by atoms with E-state index in [0.717, 1.165) is 23.7 Å². The van der Waals surface area contributed by atoms with Crippen LogP contribution in [-0.4, -0.2) is 19.3 Å². The molecule has 0 aliphatic carbocycles. The van der Waals surface area contributed by atoms with E-state index in [2.05, 4.69) is 72.3 Å². The first-order valence-corrected chi connectivity index (χ1v) is 11.8. The largest absolute Gasteiger partial charge is 0.372 e. The molecule has 0 aliphatic rings. The van der Waals surface area contributed by atoms with Crippen LogP contribution in [0.4, 0.5) is 11.4 Å². The smallest absolute Gasteiger partial charge is 0.0630 e. The third-order valence-electron chi connectivity index (χ3n) is 5.01. The first kappa shape index (κ1) is 22.0. The molecule has 0 unspecified atom stereocenters. The molecule has 0 saturated heterocycles. The number of para-hydroxylation sites is 1. The van der Waals surface area contributed by atoms with Crippen LogP contribution in [0.3, 0.4) is 0 Å². The number of nitrogens with zero attached hydrogens (tertiary/aromatic N) is 2. The van der Waals surface area contributed by atoms with Crippen LogP contribution in [0.1, 0.15) is 54.8 Å². The van der Waals surface area contributed by atoms with Gasteiger partial charge in [0.15, 0.2) is 0 Å². The summed E-state index contributed by atoms with van der Waals surface area (Å²) in [6, 6.07) is 23.3. The van der Waals surface area contributed by atoms with Gasteiger partial charge in [0.25, 0.3) is 0 Å². The summed E-state index contributed by atoms with van der Waals surface area (Å²) < 4.78 is 0. The van der Waals surface area contributed by atoms with Crippen molar-refractivity contribution in [2.75, 3.05) is 18.0 Å². The number of thiophene rings is 1. The van der Waals surface area contributed by atoms with Crippen molar-refractivity contribution >= 4 is 41.1 Å². The van der Waals surface area contributed by atoms with Gasteiger partial charge in [0.1, 0.15) is 0 Å². The first-order valence-electron chi connectivity index (χ1n) is 11.0. The van der Waals surface area contributed by atoms with E-state index in [1.54, 1.807) is 11.3 Å². The molecular formula is C27H32N2S. The lowest BCUT2D eigenvalue weighted by molar-refractivity contribution is 0.678. The van der Waals surface area contributed by atoms with Gasteiger partial charge < -0.3 is 4.90 Å². The molecule has 0 bridgehead atoms. The topological polar surface area (TPSA) is 15.6 Å². The number of anilines is 1. The summed E-state index contributed by atoms with van der Waals surface area (Å²) in [4.78, 5) is 9.46. The molecule has 0 fully saturated rings. The first-order chi connectivity index (χ1) is 14.8. The Hall–Kier alpha value is -2.65. The van der Waals surface area contributed by atoms with Crippen LogP contribution in [0.2, 0.25) is 0 Å². The van der Waals surface area contributed by atoms with Gasteiger partial charge in [-0.1, -0.05) is 63.1 Å². The van der Waals surface area contributed by atoms with Crippen molar-refractivity contribution in [1.29, 1.82) is 0 Å². The summed E-state index contributed by atoms with van der Waals surface area (Å²) in [7, 11) is 0. The van der Waals surface area contributed by atoms with Gasteiger partial charge in [-0.05, 0) is 60.9 Å². The van der Waals surface area contributed by atoms with E-state index >= 15 is 0 Å². The van der Waals surface area contributed by atoms with Crippen LogP contribution < -0.4 is 4.90 Å². The Morgan fingerprint density at radius 3 is 2.10 bits per heavy atom. The minimum absolute atomic E-state index is 0.981. The molecule has 0 atom stereocenters. The Morgan fingerprint density at radius 2 is 1.43 bits per heavy atom. The summed E-state index contributed by atoms with van der Waals surface area (Å²) in [6.45, 7) is 6.81. The van der Waals surface area contributed by atoms with E-state index in [1.807, 2.05) is 36.5 Å². The summed E-state index contributed by atoms with van der Waals surface area (Å²) in [6.07, 6.45) is 11.3. The van der Waals surface area contributed by atoms with Crippen molar-refractivity contribution in [1.82, 2.24) is 0 Å². The molecule has 30 heavy (non-hydrogen) atoms. The summed E-state index contributed by atoms with van der Waals surface area (Å²) in [5.74, 6) is 0. The van der Waals surface area contributed by atoms with E-state index < -0.39 is 0 Å². The van der Waals surface area contributed by atoms with E-state index in [0.29, 0.717) is 0 Å². The number of rotatable bonds is 11. The van der Waals surface area contributed by atoms with Gasteiger partial charge in [-0.2, -0.15) is 0 Å². The van der Waals surface area contributed by atoms with E-state index in [4.69, 9.17) is 0 Å². The molecule has 0 radical (unpaired) electrons. The van der Waals surface area contributed by atoms with Crippen molar-refractivity contribution in [3.8, 4) is 0 Å². The molecular weight excluding hydrogens is 384 g/mol. The van der Waals surface area contributed by atoms with Crippen LogP contribution in [0.25, 0.3) is 12.2 Å². The molecule has 0 N–H and O–H groups in total. The quantitative estimate of drug-likeness (QED) is 0.288. The highest BCUT2D eigenvalue weighted by molar-refractivity contribution is 7.14. The maximum absolute atomic E-state index is 4.53. The Balaban J connectivity index is 1.61. The Labute approximate surface area is 185 Å². The highest BCUT2D eigenvalue weighted by Crippen LogP contribution is 2.21. The lowest BCUT2D eigenvalue weighted by Gasteiger charge is -2.24. The summed E-state index contributed by atoms with van der Waals surface area (Å²) in [5.41, 5.74) is 3.55. The van der Waals surface area contributed by atoms with Crippen LogP contribution in [-0.2, 0) is 0 Å². The molecule has 2 nitrogen and oxygen atoms in total. The molecule has 156 valence electrons. The van der Waals surface area contributed by atoms with E-state index in [1.165, 1.54) is 41.8 Å². The number of hydrogen-bond acceptors (Lipinski definition) is 3. The molecule has 3 heteroatoms. The van der Waals surface area contributed by atoms with Gasteiger partial charge in [-0.3, -0.25) is 4.99 Å². The maximum Gasteiger partial charge on any atom is 0.0630 e. The fourth-order valence-electron chi connectivity index (χ4n) is 3.22. The van der Waals surface area contributed by atoms with Crippen molar-refractivity contribution in [2.45, 2.75) is 39.5 Å². The number of aliphatic imine (C=N–C) groups is 1. The fraction of sp³-hybridized carbons (Fsp3) is 0.296. The Bertz CT molecular complexity index is 915. The molecule has 1 heterocycles. The predicted octanol–water partition coefficient (Wildman–Crippen LogP) is 8.08. The lowest BCUT2D eigenvalue weighted by atomic mass is 10.1. The zero-order valence-corrected chi connectivity index (χ0v) is 18.9. The van der Waals surface area contributed by atoms with Crippen molar-refractivity contribution in [3.63, 3.8) is 0 Å². The van der Waals surface area contributed by atoms with E-state index in [9.17, 15) is 0 Å². The van der Waals surface area contributed by atoms with E-state index in [-0.39, 0.29) is 0 Å². The SMILES string of the molecule is CCCCN(CCCC)c1ccc(C=Cc2ccc(C=Nc3ccccc3)s2)cc1. The average molecular weight is 417 g/mol. The maximum atomic E-state index is 4.53. The number of unbranched alkanes of at least 4 members (excludes halogenated alkanes) is 2. The minimum Gasteiger partial charge on any atom is -0.372 e. The second kappa shape index (κ2) is 12.1. The monoisotopic (exact) mass is 416 g/mol. The van der Waals surface area contributed by atoms with Gasteiger partial charge >= 0.3 is 0 Å². The van der Waals surface area contributed by atoms with Crippen LogP contribution in [0.15, 0.2) is 71.7 Å². The molecule has 2 aromatic carbocycles. The summed E-state index contributed by atoms with van der Waals surface area (Å²) >= 11 is 1.75. The second-order valence-corrected chi connectivity index (χ2v) is 8.60. The minimum atomic E-state index is 0.981. The van der Waals surface area contributed by atoms with Gasteiger partial charge in [-0.15, -0.1) is 11.3 Å². The highest BCUT2D eigenvalue weighted by Gasteiger charge is 2.05. The zero-order valence-electron chi connectivity index (χ0n) is 18.1. The van der Waals surface area contributed by atoms with Crippen molar-refractivity contribution in [2.24, 2.45) is 4.99 Å². The molecule has 0 aliphatic heterocycles. The van der Waals surface area contributed by atoms with Crippen LogP contribution >= 0.6 is 11.3 Å². The normalized spacial score (nSPS) is 11.5. The third-order valence-corrected chi connectivity index (χ3v) is 5.99. The molecule has 3 rings (SSSR count). The molecule has 0 spiro atoms. The Kier molecular flexibility index (Phi) is 8.92.